The van der Waals surface area contributed by atoms with Gasteiger partial charge in [-0.25, -0.2) is 0 Å². The molecule has 5 nitrogen and oxygen atoms in total. The number of rotatable bonds is 13. The molecule has 0 radical (unpaired) electrons. The van der Waals surface area contributed by atoms with Crippen LogP contribution >= 0.6 is 0 Å². The van der Waals surface area contributed by atoms with E-state index in [1.54, 1.807) is 0 Å². The van der Waals surface area contributed by atoms with Crippen molar-refractivity contribution in [2.45, 2.75) is 106 Å². The van der Waals surface area contributed by atoms with Gasteiger partial charge in [0.05, 0.1) is 0 Å². The second kappa shape index (κ2) is 13.5. The molecule has 1 fully saturated rings. The summed E-state index contributed by atoms with van der Waals surface area (Å²) in [5, 5.41) is 39.2. The second-order valence-electron chi connectivity index (χ2n) is 6.75. The Morgan fingerprint density at radius 1 is 0.750 bits per heavy atom. The van der Waals surface area contributed by atoms with Crippen LogP contribution in [0, 0.1) is 0 Å². The molecule has 0 amide bonds. The Morgan fingerprint density at radius 2 is 1.29 bits per heavy atom. The Kier molecular flexibility index (Phi) is 12.6. The average Bonchev–Trinajstić information content (AvgIpc) is 2.59. The fourth-order valence-corrected chi connectivity index (χ4v) is 5.48. The first kappa shape index (κ1) is 22.4. The van der Waals surface area contributed by atoms with Gasteiger partial charge in [-0.2, -0.15) is 0 Å². The maximum atomic E-state index is 9.98. The van der Waals surface area contributed by atoms with Gasteiger partial charge in [-0.05, 0) is 0 Å². The summed E-state index contributed by atoms with van der Waals surface area (Å²) in [5.74, 6) is 0. The molecule has 1 heterocycles. The zero-order valence-electron chi connectivity index (χ0n) is 15.0. The summed E-state index contributed by atoms with van der Waals surface area (Å²) >= 11 is 0.0497. The molecule has 144 valence electrons. The summed E-state index contributed by atoms with van der Waals surface area (Å²) in [4.78, 5) is 0. The molecule has 1 saturated heterocycles. The monoisotopic (exact) mass is 412 g/mol. The molecule has 0 aromatic rings. The Hall–Kier alpha value is 0.319. The van der Waals surface area contributed by atoms with E-state index in [1.807, 2.05) is 0 Å². The Bertz CT molecular complexity index is 303. The topological polar surface area (TPSA) is 90.2 Å². The molecule has 0 aromatic carbocycles. The van der Waals surface area contributed by atoms with Crippen LogP contribution in [0.5, 0.6) is 0 Å². The molecule has 0 bridgehead atoms. The molecule has 24 heavy (non-hydrogen) atoms. The van der Waals surface area contributed by atoms with E-state index in [-0.39, 0.29) is 21.6 Å². The number of aliphatic hydroxyl groups is 4. The number of hydrogen-bond acceptors (Lipinski definition) is 5. The SMILES string of the molecule is CCCCCCCCCCCC[Se][C@@H]1O[C@H](CO)[C@@H](O)[C@H](O)[C@H]1O. The van der Waals surface area contributed by atoms with E-state index in [4.69, 9.17) is 4.74 Å². The fourth-order valence-electron chi connectivity index (χ4n) is 2.99. The summed E-state index contributed by atoms with van der Waals surface area (Å²) in [6.07, 6.45) is 8.70. The predicted molar refractivity (Wildman–Crippen MR) is 96.2 cm³/mol. The molecule has 1 aliphatic heterocycles. The fraction of sp³-hybridized carbons (Fsp3) is 1.00. The quantitative estimate of drug-likeness (QED) is 0.274. The van der Waals surface area contributed by atoms with Crippen LogP contribution in [0.1, 0.15) is 71.1 Å². The molecular weight excluding hydrogens is 375 g/mol. The summed E-state index contributed by atoms with van der Waals surface area (Å²) in [6, 6.07) is 0. The van der Waals surface area contributed by atoms with Crippen molar-refractivity contribution in [3.8, 4) is 0 Å². The van der Waals surface area contributed by atoms with Crippen molar-refractivity contribution in [1.29, 1.82) is 0 Å². The molecular formula is C18H36O5Se. The van der Waals surface area contributed by atoms with Crippen molar-refractivity contribution in [1.82, 2.24) is 0 Å². The van der Waals surface area contributed by atoms with Gasteiger partial charge in [0.2, 0.25) is 0 Å². The normalized spacial score (nSPS) is 30.6. The van der Waals surface area contributed by atoms with E-state index >= 15 is 0 Å². The van der Waals surface area contributed by atoms with Gasteiger partial charge in [-0.3, -0.25) is 0 Å². The molecule has 0 unspecified atom stereocenters. The second-order valence-corrected chi connectivity index (χ2v) is 9.28. The van der Waals surface area contributed by atoms with Crippen molar-refractivity contribution < 1.29 is 25.2 Å². The summed E-state index contributed by atoms with van der Waals surface area (Å²) in [5.41, 5.74) is 0. The van der Waals surface area contributed by atoms with Crippen LogP contribution in [0.25, 0.3) is 0 Å². The van der Waals surface area contributed by atoms with Crippen molar-refractivity contribution in [2.24, 2.45) is 0 Å². The molecule has 1 aliphatic rings. The van der Waals surface area contributed by atoms with Gasteiger partial charge in [0, 0.05) is 0 Å². The number of aliphatic hydroxyl groups excluding tert-OH is 4. The van der Waals surface area contributed by atoms with Gasteiger partial charge in [-0.1, -0.05) is 0 Å². The minimum absolute atomic E-state index is 0.0497. The van der Waals surface area contributed by atoms with Crippen LogP contribution in [0.3, 0.4) is 0 Å². The molecule has 5 atom stereocenters. The van der Waals surface area contributed by atoms with Gasteiger partial charge in [-0.15, -0.1) is 0 Å². The molecule has 6 heteroatoms. The molecule has 0 spiro atoms. The van der Waals surface area contributed by atoms with Crippen molar-refractivity contribution in [3.63, 3.8) is 0 Å². The third-order valence-electron chi connectivity index (χ3n) is 4.63. The first-order valence-corrected chi connectivity index (χ1v) is 11.7. The van der Waals surface area contributed by atoms with Gasteiger partial charge >= 0.3 is 153 Å². The molecule has 0 aliphatic carbocycles. The average molecular weight is 411 g/mol. The van der Waals surface area contributed by atoms with Crippen LogP contribution in [0.15, 0.2) is 0 Å². The van der Waals surface area contributed by atoms with Crippen LogP contribution < -0.4 is 0 Å². The predicted octanol–water partition coefficient (Wildman–Crippen LogP) is 1.83. The van der Waals surface area contributed by atoms with Crippen LogP contribution in [0.4, 0.5) is 0 Å². The van der Waals surface area contributed by atoms with E-state index in [9.17, 15) is 20.4 Å². The van der Waals surface area contributed by atoms with Gasteiger partial charge < -0.3 is 0 Å². The van der Waals surface area contributed by atoms with E-state index in [0.29, 0.717) is 0 Å². The first-order chi connectivity index (χ1) is 11.6. The standard InChI is InChI=1S/C18H36O5Se/c1-2-3-4-5-6-7-8-9-10-11-12-24-18-17(22)16(21)15(20)14(13-19)23-18/h14-22H,2-13H2,1H3/t14-,15-,16+,17-,18+/m1/s1. The van der Waals surface area contributed by atoms with E-state index in [0.717, 1.165) is 11.7 Å². The Morgan fingerprint density at radius 3 is 1.83 bits per heavy atom. The Labute approximate surface area is 153 Å². The van der Waals surface area contributed by atoms with E-state index in [1.165, 1.54) is 57.8 Å². The first-order valence-electron chi connectivity index (χ1n) is 9.54. The maximum absolute atomic E-state index is 9.98. The minimum atomic E-state index is -1.23. The third kappa shape index (κ3) is 8.13. The Balaban J connectivity index is 2.02. The number of ether oxygens (including phenoxy) is 1. The summed E-state index contributed by atoms with van der Waals surface area (Å²) in [7, 11) is 0. The van der Waals surface area contributed by atoms with Gasteiger partial charge in [0.15, 0.2) is 0 Å². The van der Waals surface area contributed by atoms with E-state index in [2.05, 4.69) is 6.92 Å². The molecule has 4 N–H and O–H groups in total. The van der Waals surface area contributed by atoms with E-state index < -0.39 is 29.4 Å². The zero-order valence-corrected chi connectivity index (χ0v) is 16.7. The summed E-state index contributed by atoms with van der Waals surface area (Å²) in [6.45, 7) is 1.90. The van der Waals surface area contributed by atoms with Gasteiger partial charge in [0.25, 0.3) is 0 Å². The molecule has 1 rings (SSSR count). The van der Waals surface area contributed by atoms with Crippen LogP contribution in [-0.2, 0) is 4.74 Å². The molecule has 0 saturated carbocycles. The van der Waals surface area contributed by atoms with Crippen LogP contribution in [0.2, 0.25) is 5.32 Å². The van der Waals surface area contributed by atoms with Gasteiger partial charge in [0.1, 0.15) is 0 Å². The number of unbranched alkanes of at least 4 members (excludes halogenated alkanes) is 9. The number of hydrogen-bond donors (Lipinski definition) is 4. The third-order valence-corrected chi connectivity index (χ3v) is 7.24. The van der Waals surface area contributed by atoms with Crippen molar-refractivity contribution in [3.05, 3.63) is 0 Å². The summed E-state index contributed by atoms with van der Waals surface area (Å²) < 4.78 is 5.54. The van der Waals surface area contributed by atoms with Crippen molar-refractivity contribution in [2.75, 3.05) is 6.61 Å². The van der Waals surface area contributed by atoms with Crippen LogP contribution in [-0.4, -0.2) is 71.4 Å². The van der Waals surface area contributed by atoms with Crippen molar-refractivity contribution >= 4 is 15.0 Å². The molecule has 0 aromatic heterocycles. The zero-order chi connectivity index (χ0) is 17.8.